The van der Waals surface area contributed by atoms with Crippen molar-refractivity contribution in [3.05, 3.63) is 29.8 Å². The smallest absolute Gasteiger partial charge is 0.118 e. The van der Waals surface area contributed by atoms with Gasteiger partial charge in [0, 0.05) is 5.38 Å². The second-order valence-electron chi connectivity index (χ2n) is 3.39. The maximum atomic E-state index is 6.05. The van der Waals surface area contributed by atoms with E-state index in [0.29, 0.717) is 5.38 Å². The van der Waals surface area contributed by atoms with E-state index >= 15 is 0 Å². The van der Waals surface area contributed by atoms with Gasteiger partial charge in [0.05, 0.1) is 7.11 Å². The first-order chi connectivity index (χ1) is 6.76. The molecule has 0 aromatic heterocycles. The summed E-state index contributed by atoms with van der Waals surface area (Å²) in [5.41, 5.74) is 1.32. The predicted octanol–water partition coefficient (Wildman–Crippen LogP) is 3.65. The molecule has 0 aliphatic rings. The molecule has 78 valence electrons. The van der Waals surface area contributed by atoms with Gasteiger partial charge in [-0.3, -0.25) is 0 Å². The number of hydrogen-bond donors (Lipinski definition) is 0. The molecular formula is C12H17ClO. The lowest BCUT2D eigenvalue weighted by Crippen LogP contribution is -1.98. The van der Waals surface area contributed by atoms with E-state index in [4.69, 9.17) is 16.3 Å². The molecule has 0 spiro atoms. The standard InChI is InChI=1S/C12H17ClO/c1-3-11(13)7-4-10-5-8-12(14-2)9-6-10/h5-6,8-9,11H,3-4,7H2,1-2H3/t11-/m1/s1. The van der Waals surface area contributed by atoms with E-state index in [2.05, 4.69) is 19.1 Å². The Bertz CT molecular complexity index is 256. The van der Waals surface area contributed by atoms with Gasteiger partial charge < -0.3 is 4.74 Å². The van der Waals surface area contributed by atoms with Gasteiger partial charge in [-0.25, -0.2) is 0 Å². The third-order valence-corrected chi connectivity index (χ3v) is 2.88. The third kappa shape index (κ3) is 3.59. The lowest BCUT2D eigenvalue weighted by Gasteiger charge is -2.06. The van der Waals surface area contributed by atoms with Crippen LogP contribution in [0.15, 0.2) is 24.3 Å². The molecule has 1 atom stereocenters. The van der Waals surface area contributed by atoms with Crippen LogP contribution in [0.2, 0.25) is 0 Å². The van der Waals surface area contributed by atoms with Gasteiger partial charge >= 0.3 is 0 Å². The Kier molecular flexibility index (Phi) is 4.81. The van der Waals surface area contributed by atoms with Crippen LogP contribution in [0.4, 0.5) is 0 Å². The molecule has 0 bridgehead atoms. The zero-order valence-corrected chi connectivity index (χ0v) is 9.55. The Morgan fingerprint density at radius 3 is 2.43 bits per heavy atom. The summed E-state index contributed by atoms with van der Waals surface area (Å²) in [6.07, 6.45) is 3.13. The lowest BCUT2D eigenvalue weighted by atomic mass is 10.1. The zero-order chi connectivity index (χ0) is 10.4. The first kappa shape index (κ1) is 11.4. The average Bonchev–Trinajstić information content (AvgIpc) is 2.26. The van der Waals surface area contributed by atoms with Crippen LogP contribution in [-0.4, -0.2) is 12.5 Å². The summed E-state index contributed by atoms with van der Waals surface area (Å²) >= 11 is 6.05. The first-order valence-electron chi connectivity index (χ1n) is 5.03. The van der Waals surface area contributed by atoms with Crippen LogP contribution in [0, 0.1) is 0 Å². The Labute approximate surface area is 91.0 Å². The van der Waals surface area contributed by atoms with Crippen molar-refractivity contribution >= 4 is 11.6 Å². The maximum absolute atomic E-state index is 6.05. The van der Waals surface area contributed by atoms with Crippen molar-refractivity contribution in [3.63, 3.8) is 0 Å². The fraction of sp³-hybridized carbons (Fsp3) is 0.500. The molecule has 0 unspecified atom stereocenters. The first-order valence-corrected chi connectivity index (χ1v) is 5.47. The van der Waals surface area contributed by atoms with Crippen molar-refractivity contribution in [3.8, 4) is 5.75 Å². The van der Waals surface area contributed by atoms with Crippen LogP contribution in [0.3, 0.4) is 0 Å². The fourth-order valence-corrected chi connectivity index (χ4v) is 1.43. The number of ether oxygens (including phenoxy) is 1. The van der Waals surface area contributed by atoms with Gasteiger partial charge in [0.25, 0.3) is 0 Å². The fourth-order valence-electron chi connectivity index (χ4n) is 1.32. The van der Waals surface area contributed by atoms with Crippen LogP contribution < -0.4 is 4.74 Å². The summed E-state index contributed by atoms with van der Waals surface area (Å²) in [5.74, 6) is 0.909. The molecule has 1 aromatic rings. The molecule has 0 N–H and O–H groups in total. The number of benzene rings is 1. The van der Waals surface area contributed by atoms with E-state index in [9.17, 15) is 0 Å². The number of hydrogen-bond acceptors (Lipinski definition) is 1. The normalized spacial score (nSPS) is 12.5. The minimum absolute atomic E-state index is 0.303. The molecule has 2 heteroatoms. The molecule has 14 heavy (non-hydrogen) atoms. The molecule has 1 rings (SSSR count). The Balaban J connectivity index is 2.43. The second kappa shape index (κ2) is 5.92. The van der Waals surface area contributed by atoms with Gasteiger partial charge in [-0.2, -0.15) is 0 Å². The minimum Gasteiger partial charge on any atom is -0.497 e. The van der Waals surface area contributed by atoms with Gasteiger partial charge in [0.1, 0.15) is 5.75 Å². The average molecular weight is 213 g/mol. The molecule has 0 fully saturated rings. The predicted molar refractivity (Wildman–Crippen MR) is 61.2 cm³/mol. The lowest BCUT2D eigenvalue weighted by molar-refractivity contribution is 0.414. The van der Waals surface area contributed by atoms with E-state index in [-0.39, 0.29) is 0 Å². The van der Waals surface area contributed by atoms with E-state index < -0.39 is 0 Å². The number of alkyl halides is 1. The number of aryl methyl sites for hydroxylation is 1. The van der Waals surface area contributed by atoms with Crippen molar-refractivity contribution in [1.82, 2.24) is 0 Å². The summed E-state index contributed by atoms with van der Waals surface area (Å²) in [5, 5.41) is 0.303. The number of halogens is 1. The Hall–Kier alpha value is -0.690. The summed E-state index contributed by atoms with van der Waals surface area (Å²) < 4.78 is 5.09. The number of rotatable bonds is 5. The van der Waals surface area contributed by atoms with Crippen LogP contribution in [0.25, 0.3) is 0 Å². The van der Waals surface area contributed by atoms with Crippen molar-refractivity contribution in [2.75, 3.05) is 7.11 Å². The van der Waals surface area contributed by atoms with Crippen LogP contribution in [0.1, 0.15) is 25.3 Å². The molecule has 0 saturated heterocycles. The topological polar surface area (TPSA) is 9.23 Å². The highest BCUT2D eigenvalue weighted by Crippen LogP contribution is 2.15. The van der Waals surface area contributed by atoms with Gasteiger partial charge in [-0.1, -0.05) is 19.1 Å². The van der Waals surface area contributed by atoms with Gasteiger partial charge in [0.15, 0.2) is 0 Å². The molecule has 1 aromatic carbocycles. The molecule has 0 saturated carbocycles. The highest BCUT2D eigenvalue weighted by molar-refractivity contribution is 6.20. The van der Waals surface area contributed by atoms with Crippen LogP contribution >= 0.6 is 11.6 Å². The molecule has 1 nitrogen and oxygen atoms in total. The molecule has 0 aliphatic carbocycles. The van der Waals surface area contributed by atoms with Crippen molar-refractivity contribution in [2.24, 2.45) is 0 Å². The molecular weight excluding hydrogens is 196 g/mol. The van der Waals surface area contributed by atoms with Crippen molar-refractivity contribution in [2.45, 2.75) is 31.6 Å². The highest BCUT2D eigenvalue weighted by Gasteiger charge is 2.01. The number of methoxy groups -OCH3 is 1. The maximum Gasteiger partial charge on any atom is 0.118 e. The molecule has 0 aliphatic heterocycles. The summed E-state index contributed by atoms with van der Waals surface area (Å²) in [6.45, 7) is 2.12. The van der Waals surface area contributed by atoms with E-state index in [1.807, 2.05) is 12.1 Å². The van der Waals surface area contributed by atoms with Crippen LogP contribution in [-0.2, 0) is 6.42 Å². The Morgan fingerprint density at radius 1 is 1.29 bits per heavy atom. The van der Waals surface area contributed by atoms with E-state index in [1.54, 1.807) is 7.11 Å². The minimum atomic E-state index is 0.303. The third-order valence-electron chi connectivity index (χ3n) is 2.35. The van der Waals surface area contributed by atoms with Crippen molar-refractivity contribution < 1.29 is 4.74 Å². The second-order valence-corrected chi connectivity index (χ2v) is 4.01. The zero-order valence-electron chi connectivity index (χ0n) is 8.79. The highest BCUT2D eigenvalue weighted by atomic mass is 35.5. The molecule has 0 heterocycles. The van der Waals surface area contributed by atoms with Crippen molar-refractivity contribution in [1.29, 1.82) is 0 Å². The Morgan fingerprint density at radius 2 is 1.93 bits per heavy atom. The SMILES string of the molecule is CC[C@@H](Cl)CCc1ccc(OC)cc1. The summed E-state index contributed by atoms with van der Waals surface area (Å²) in [4.78, 5) is 0. The van der Waals surface area contributed by atoms with Gasteiger partial charge in [0.2, 0.25) is 0 Å². The van der Waals surface area contributed by atoms with E-state index in [0.717, 1.165) is 25.0 Å². The summed E-state index contributed by atoms with van der Waals surface area (Å²) in [7, 11) is 1.68. The largest absolute Gasteiger partial charge is 0.497 e. The molecule has 0 radical (unpaired) electrons. The van der Waals surface area contributed by atoms with Crippen LogP contribution in [0.5, 0.6) is 5.75 Å². The quantitative estimate of drug-likeness (QED) is 0.678. The van der Waals surface area contributed by atoms with Gasteiger partial charge in [-0.05, 0) is 37.0 Å². The van der Waals surface area contributed by atoms with Gasteiger partial charge in [-0.15, -0.1) is 11.6 Å². The monoisotopic (exact) mass is 212 g/mol. The summed E-state index contributed by atoms with van der Waals surface area (Å²) in [6, 6.07) is 8.17. The van der Waals surface area contributed by atoms with E-state index in [1.165, 1.54) is 5.56 Å². The molecule has 0 amide bonds.